The number of ether oxygens (including phenoxy) is 1. The highest BCUT2D eigenvalue weighted by atomic mass is 32.2. The Morgan fingerprint density at radius 1 is 1.17 bits per heavy atom. The quantitative estimate of drug-likeness (QED) is 0.363. The number of benzene rings is 3. The zero-order chi connectivity index (χ0) is 21.5. The molecule has 0 bridgehead atoms. The van der Waals surface area contributed by atoms with Crippen molar-refractivity contribution in [2.45, 2.75) is 24.3 Å². The van der Waals surface area contributed by atoms with Crippen LogP contribution in [-0.2, 0) is 4.79 Å². The maximum atomic E-state index is 11.2. The van der Waals surface area contributed by atoms with Gasteiger partial charge >= 0.3 is 5.97 Å². The molecule has 2 N–H and O–H groups in total. The van der Waals surface area contributed by atoms with Crippen molar-refractivity contribution in [1.82, 2.24) is 0 Å². The fourth-order valence-corrected chi connectivity index (χ4v) is 4.17. The van der Waals surface area contributed by atoms with Crippen LogP contribution in [0.3, 0.4) is 0 Å². The summed E-state index contributed by atoms with van der Waals surface area (Å²) in [6.45, 7) is 2.21. The number of para-hydroxylation sites is 1. The molecule has 0 saturated heterocycles. The van der Waals surface area contributed by atoms with E-state index in [1.54, 1.807) is 7.11 Å². The van der Waals surface area contributed by atoms with Crippen LogP contribution in [0.15, 0.2) is 65.6 Å². The van der Waals surface area contributed by atoms with Gasteiger partial charge in [0.2, 0.25) is 0 Å². The van der Waals surface area contributed by atoms with E-state index in [1.807, 2.05) is 72.5 Å². The predicted molar refractivity (Wildman–Crippen MR) is 124 cm³/mol. The highest BCUT2D eigenvalue weighted by Crippen LogP contribution is 2.37. The Morgan fingerprint density at radius 2 is 1.87 bits per heavy atom. The zero-order valence-corrected chi connectivity index (χ0v) is 17.8. The number of rotatable bonds is 9. The summed E-state index contributed by atoms with van der Waals surface area (Å²) in [5.74, 6) is 2.62. The van der Waals surface area contributed by atoms with Gasteiger partial charge in [-0.05, 0) is 43.1 Å². The monoisotopic (exact) mass is 420 g/mol. The molecular formula is C24H24N2O3S. The Balaban J connectivity index is 1.96. The van der Waals surface area contributed by atoms with Crippen LogP contribution in [-0.4, -0.2) is 30.8 Å². The first-order valence-electron chi connectivity index (χ1n) is 9.54. The minimum absolute atomic E-state index is 0.0136. The summed E-state index contributed by atoms with van der Waals surface area (Å²) in [5.41, 5.74) is 1.88. The Bertz CT molecular complexity index is 1080. The summed E-state index contributed by atoms with van der Waals surface area (Å²) >= 11 is 1.48. The maximum absolute atomic E-state index is 11.2. The molecule has 0 heterocycles. The van der Waals surface area contributed by atoms with Gasteiger partial charge in [0, 0.05) is 22.5 Å². The van der Waals surface area contributed by atoms with Crippen LogP contribution in [0, 0.1) is 12.3 Å². The lowest BCUT2D eigenvalue weighted by atomic mass is 10.0. The normalized spacial score (nSPS) is 11.5. The van der Waals surface area contributed by atoms with E-state index in [4.69, 9.17) is 11.2 Å². The number of nitrogens with one attached hydrogen (secondary N) is 1. The van der Waals surface area contributed by atoms with Crippen molar-refractivity contribution in [3.05, 3.63) is 60.7 Å². The second-order valence-corrected chi connectivity index (χ2v) is 7.66. The Hall–Kier alpha value is -3.30. The largest absolute Gasteiger partial charge is 0.496 e. The number of anilines is 2. The third-order valence-corrected chi connectivity index (χ3v) is 5.69. The molecule has 6 heteroatoms. The summed E-state index contributed by atoms with van der Waals surface area (Å²) in [5, 5.41) is 11.3. The number of hydrogen-bond donors (Lipinski definition) is 2. The molecule has 0 aliphatic heterocycles. The number of fused-ring (bicyclic) bond motifs is 1. The number of nitrogens with zero attached hydrogens (tertiary/aromatic N) is 1. The van der Waals surface area contributed by atoms with Crippen molar-refractivity contribution < 1.29 is 14.6 Å². The van der Waals surface area contributed by atoms with E-state index >= 15 is 0 Å². The van der Waals surface area contributed by atoms with Crippen LogP contribution in [0.2, 0.25) is 0 Å². The number of hydrogen-bond acceptors (Lipinski definition) is 5. The van der Waals surface area contributed by atoms with E-state index in [9.17, 15) is 9.90 Å². The SMILES string of the molecule is C#CCN(c1ccc(NSc2ccccc2OC)c2ccccc12)C(C)CC(=O)O. The smallest absolute Gasteiger partial charge is 0.305 e. The van der Waals surface area contributed by atoms with Gasteiger partial charge in [-0.2, -0.15) is 0 Å². The third kappa shape index (κ3) is 4.81. The van der Waals surface area contributed by atoms with Gasteiger partial charge in [-0.25, -0.2) is 0 Å². The molecule has 0 aromatic heterocycles. The van der Waals surface area contributed by atoms with E-state index < -0.39 is 5.97 Å². The first kappa shape index (κ1) is 21.4. The van der Waals surface area contributed by atoms with Gasteiger partial charge < -0.3 is 19.5 Å². The second kappa shape index (κ2) is 9.95. The number of carboxylic acid groups (broad SMARTS) is 1. The van der Waals surface area contributed by atoms with Crippen LogP contribution < -0.4 is 14.4 Å². The van der Waals surface area contributed by atoms with Crippen molar-refractivity contribution in [3.8, 4) is 18.1 Å². The third-order valence-electron chi connectivity index (χ3n) is 4.81. The summed E-state index contributed by atoms with van der Waals surface area (Å²) in [6, 6.07) is 19.6. The topological polar surface area (TPSA) is 61.8 Å². The van der Waals surface area contributed by atoms with E-state index in [1.165, 1.54) is 11.9 Å². The number of terminal acetylenes is 1. The zero-order valence-electron chi connectivity index (χ0n) is 17.0. The van der Waals surface area contributed by atoms with Crippen molar-refractivity contribution in [1.29, 1.82) is 0 Å². The molecule has 5 nitrogen and oxygen atoms in total. The Morgan fingerprint density at radius 3 is 2.57 bits per heavy atom. The molecule has 0 aliphatic carbocycles. The lowest BCUT2D eigenvalue weighted by Crippen LogP contribution is -2.35. The van der Waals surface area contributed by atoms with Crippen molar-refractivity contribution >= 4 is 40.1 Å². The van der Waals surface area contributed by atoms with Crippen molar-refractivity contribution in [2.24, 2.45) is 0 Å². The van der Waals surface area contributed by atoms with E-state index in [0.717, 1.165) is 32.8 Å². The van der Waals surface area contributed by atoms with E-state index in [2.05, 4.69) is 10.6 Å². The predicted octanol–water partition coefficient (Wildman–Crippen LogP) is 5.27. The average Bonchev–Trinajstić information content (AvgIpc) is 2.75. The molecule has 0 aliphatic rings. The van der Waals surface area contributed by atoms with Crippen molar-refractivity contribution in [3.63, 3.8) is 0 Å². The summed E-state index contributed by atoms with van der Waals surface area (Å²) in [6.07, 6.45) is 5.60. The molecule has 3 aromatic rings. The van der Waals surface area contributed by atoms with Crippen molar-refractivity contribution in [2.75, 3.05) is 23.3 Å². The average molecular weight is 421 g/mol. The number of aliphatic carboxylic acids is 1. The molecule has 1 unspecified atom stereocenters. The molecule has 0 fully saturated rings. The Kier molecular flexibility index (Phi) is 7.10. The van der Waals surface area contributed by atoms with E-state index in [-0.39, 0.29) is 12.5 Å². The van der Waals surface area contributed by atoms with Crippen LogP contribution in [0.25, 0.3) is 10.8 Å². The standard InChI is InChI=1S/C24H24N2O3S/c1-4-15-26(17(2)16-24(27)28)21-14-13-20(18-9-5-6-10-19(18)21)25-30-23-12-8-7-11-22(23)29-3/h1,5-14,17,25H,15-16H2,2-3H3,(H,27,28). The molecular weight excluding hydrogens is 396 g/mol. The Labute approximate surface area is 181 Å². The number of carbonyl (C=O) groups is 1. The minimum atomic E-state index is -0.847. The van der Waals surface area contributed by atoms with Crippen LogP contribution in [0.1, 0.15) is 13.3 Å². The van der Waals surface area contributed by atoms with Crippen LogP contribution >= 0.6 is 11.9 Å². The molecule has 0 radical (unpaired) electrons. The molecule has 30 heavy (non-hydrogen) atoms. The fourth-order valence-electron chi connectivity index (χ4n) is 3.38. The highest BCUT2D eigenvalue weighted by Gasteiger charge is 2.19. The summed E-state index contributed by atoms with van der Waals surface area (Å²) < 4.78 is 8.84. The van der Waals surface area contributed by atoms with Crippen LogP contribution in [0.4, 0.5) is 11.4 Å². The lowest BCUT2D eigenvalue weighted by molar-refractivity contribution is -0.137. The summed E-state index contributed by atoms with van der Waals surface area (Å²) in [4.78, 5) is 14.2. The van der Waals surface area contributed by atoms with Gasteiger partial charge in [-0.15, -0.1) is 6.42 Å². The van der Waals surface area contributed by atoms with Gasteiger partial charge in [0.1, 0.15) is 5.75 Å². The minimum Gasteiger partial charge on any atom is -0.496 e. The molecule has 0 spiro atoms. The molecule has 3 rings (SSSR count). The molecule has 3 aromatic carbocycles. The highest BCUT2D eigenvalue weighted by molar-refractivity contribution is 8.00. The van der Waals surface area contributed by atoms with Gasteiger partial charge in [0.15, 0.2) is 0 Å². The first-order chi connectivity index (χ1) is 14.5. The van der Waals surface area contributed by atoms with E-state index in [0.29, 0.717) is 6.54 Å². The molecule has 0 amide bonds. The van der Waals surface area contributed by atoms with Gasteiger partial charge in [0.25, 0.3) is 0 Å². The van der Waals surface area contributed by atoms with Crippen LogP contribution in [0.5, 0.6) is 5.75 Å². The van der Waals surface area contributed by atoms with Gasteiger partial charge in [0.05, 0.1) is 30.7 Å². The van der Waals surface area contributed by atoms with Gasteiger partial charge in [-0.1, -0.05) is 42.3 Å². The molecule has 1 atom stereocenters. The second-order valence-electron chi connectivity index (χ2n) is 6.81. The summed E-state index contributed by atoms with van der Waals surface area (Å²) in [7, 11) is 1.65. The number of methoxy groups -OCH3 is 1. The fraction of sp³-hybridized carbons (Fsp3) is 0.208. The molecule has 0 saturated carbocycles. The first-order valence-corrected chi connectivity index (χ1v) is 10.4. The maximum Gasteiger partial charge on any atom is 0.305 e. The molecule has 154 valence electrons. The number of carboxylic acids is 1. The lowest BCUT2D eigenvalue weighted by Gasteiger charge is -2.30. The van der Waals surface area contributed by atoms with Gasteiger partial charge in [-0.3, -0.25) is 4.79 Å².